The van der Waals surface area contributed by atoms with Crippen molar-refractivity contribution < 1.29 is 18.5 Å². The van der Waals surface area contributed by atoms with E-state index in [0.717, 1.165) is 0 Å². The van der Waals surface area contributed by atoms with E-state index < -0.39 is 24.7 Å². The number of hydrogen-bond donors (Lipinski definition) is 0. The first-order chi connectivity index (χ1) is 8.03. The van der Waals surface area contributed by atoms with Crippen LogP contribution in [0.1, 0.15) is 11.2 Å². The maximum absolute atomic E-state index is 12.2. The predicted octanol–water partition coefficient (Wildman–Crippen LogP) is 2.49. The zero-order chi connectivity index (χ0) is 12.9. The predicted molar refractivity (Wildman–Crippen MR) is 62.7 cm³/mol. The minimum atomic E-state index is -3.51. The summed E-state index contributed by atoms with van der Waals surface area (Å²) in [7, 11) is -1.06. The van der Waals surface area contributed by atoms with Crippen LogP contribution in [0.5, 0.6) is 0 Å². The van der Waals surface area contributed by atoms with Crippen LogP contribution >= 0.6 is 7.60 Å². The molecule has 0 fully saturated rings. The Hall–Kier alpha value is -1.23. The lowest BCUT2D eigenvalue weighted by molar-refractivity contribution is -0.480. The maximum atomic E-state index is 12.2. The molecule has 0 heterocycles. The molecule has 0 aliphatic heterocycles. The molecule has 0 N–H and O–H groups in total. The molecule has 0 aromatic heterocycles. The highest BCUT2D eigenvalue weighted by atomic mass is 31.2. The van der Waals surface area contributed by atoms with E-state index in [1.54, 1.807) is 30.3 Å². The van der Waals surface area contributed by atoms with Crippen LogP contribution in [0.2, 0.25) is 0 Å². The first kappa shape index (κ1) is 13.8. The molecule has 0 saturated heterocycles. The van der Waals surface area contributed by atoms with E-state index in [4.69, 9.17) is 9.05 Å². The smallest absolute Gasteiger partial charge is 0.311 e. The van der Waals surface area contributed by atoms with Gasteiger partial charge in [-0.2, -0.15) is 0 Å². The topological polar surface area (TPSA) is 78.7 Å². The van der Waals surface area contributed by atoms with Gasteiger partial charge in [0.05, 0.1) is 0 Å². The summed E-state index contributed by atoms with van der Waals surface area (Å²) < 4.78 is 21.9. The Labute approximate surface area is 99.2 Å². The van der Waals surface area contributed by atoms with Gasteiger partial charge in [0, 0.05) is 19.1 Å². The van der Waals surface area contributed by atoms with Crippen molar-refractivity contribution in [2.75, 3.05) is 20.8 Å². The highest BCUT2D eigenvalue weighted by Crippen LogP contribution is 2.59. The Morgan fingerprint density at radius 3 is 2.24 bits per heavy atom. The van der Waals surface area contributed by atoms with E-state index in [1.807, 2.05) is 0 Å². The fourth-order valence-electron chi connectivity index (χ4n) is 1.53. The molecule has 1 rings (SSSR count). The fourth-order valence-corrected chi connectivity index (χ4v) is 3.06. The lowest BCUT2D eigenvalue weighted by Gasteiger charge is -2.21. The Morgan fingerprint density at radius 1 is 1.29 bits per heavy atom. The Kier molecular flexibility index (Phi) is 4.81. The molecule has 6 nitrogen and oxygen atoms in total. The zero-order valence-electron chi connectivity index (χ0n) is 9.61. The van der Waals surface area contributed by atoms with Gasteiger partial charge in [0.25, 0.3) is 0 Å². The molecule has 1 unspecified atom stereocenters. The van der Waals surface area contributed by atoms with E-state index in [-0.39, 0.29) is 0 Å². The molecule has 0 bridgehead atoms. The summed E-state index contributed by atoms with van der Waals surface area (Å²) in [5.41, 5.74) is -0.329. The molecule has 0 aliphatic rings. The third-order valence-electron chi connectivity index (χ3n) is 2.40. The molecule has 0 amide bonds. The van der Waals surface area contributed by atoms with Gasteiger partial charge < -0.3 is 9.05 Å². The lowest BCUT2D eigenvalue weighted by atomic mass is 10.1. The van der Waals surface area contributed by atoms with Crippen molar-refractivity contribution in [3.05, 3.63) is 46.0 Å². The average Bonchev–Trinajstić information content (AvgIpc) is 2.36. The van der Waals surface area contributed by atoms with Crippen LogP contribution in [0.25, 0.3) is 0 Å². The second-order valence-electron chi connectivity index (χ2n) is 3.35. The molecular formula is C10H14NO5P. The van der Waals surface area contributed by atoms with Crippen molar-refractivity contribution in [2.45, 2.75) is 5.66 Å². The highest BCUT2D eigenvalue weighted by molar-refractivity contribution is 7.54. The van der Waals surface area contributed by atoms with E-state index in [0.29, 0.717) is 5.56 Å². The summed E-state index contributed by atoms with van der Waals surface area (Å²) in [6, 6.07) is 8.55. The summed E-state index contributed by atoms with van der Waals surface area (Å²) in [6.07, 6.45) is 0. The number of nitro groups is 1. The summed E-state index contributed by atoms with van der Waals surface area (Å²) in [4.78, 5) is 10.1. The Balaban J connectivity index is 3.12. The van der Waals surface area contributed by atoms with Crippen LogP contribution in [-0.4, -0.2) is 25.7 Å². The van der Waals surface area contributed by atoms with Gasteiger partial charge in [0.2, 0.25) is 6.54 Å². The van der Waals surface area contributed by atoms with Gasteiger partial charge in [0.1, 0.15) is 0 Å². The van der Waals surface area contributed by atoms with Crippen LogP contribution < -0.4 is 0 Å². The third-order valence-corrected chi connectivity index (χ3v) is 4.64. The quantitative estimate of drug-likeness (QED) is 0.445. The van der Waals surface area contributed by atoms with Crippen molar-refractivity contribution in [1.29, 1.82) is 0 Å². The Morgan fingerprint density at radius 2 is 1.82 bits per heavy atom. The van der Waals surface area contributed by atoms with Gasteiger partial charge >= 0.3 is 7.60 Å². The third kappa shape index (κ3) is 3.36. The average molecular weight is 259 g/mol. The summed E-state index contributed by atoms with van der Waals surface area (Å²) in [6.45, 7) is -0.497. The van der Waals surface area contributed by atoms with E-state index in [1.165, 1.54) is 14.2 Å². The molecule has 0 radical (unpaired) electrons. The van der Waals surface area contributed by atoms with E-state index in [9.17, 15) is 14.7 Å². The SMILES string of the molecule is COP(=O)(OC)C(C[N+](=O)[O-])c1ccccc1. The Bertz CT molecular complexity index is 414. The van der Waals surface area contributed by atoms with Crippen molar-refractivity contribution >= 4 is 7.60 Å². The van der Waals surface area contributed by atoms with Crippen LogP contribution in [-0.2, 0) is 13.6 Å². The number of hydrogen-bond acceptors (Lipinski definition) is 5. The maximum Gasteiger partial charge on any atom is 0.344 e. The second kappa shape index (κ2) is 5.91. The highest BCUT2D eigenvalue weighted by Gasteiger charge is 2.39. The molecule has 1 atom stereocenters. The number of benzene rings is 1. The van der Waals surface area contributed by atoms with E-state index >= 15 is 0 Å². The van der Waals surface area contributed by atoms with Gasteiger partial charge in [-0.05, 0) is 5.56 Å². The summed E-state index contributed by atoms with van der Waals surface area (Å²) in [5, 5.41) is 10.6. The first-order valence-electron chi connectivity index (χ1n) is 4.91. The van der Waals surface area contributed by atoms with Crippen LogP contribution in [0, 0.1) is 10.1 Å². The molecule has 0 aliphatic carbocycles. The van der Waals surface area contributed by atoms with Crippen molar-refractivity contribution in [2.24, 2.45) is 0 Å². The standard InChI is InChI=1S/C10H14NO5P/c1-15-17(14,16-2)10(8-11(12)13)9-6-4-3-5-7-9/h3-7,10H,8H2,1-2H3. The van der Waals surface area contributed by atoms with Gasteiger partial charge in [-0.1, -0.05) is 30.3 Å². The van der Waals surface area contributed by atoms with Gasteiger partial charge in [0.15, 0.2) is 5.66 Å². The fraction of sp³-hybridized carbons (Fsp3) is 0.400. The molecular weight excluding hydrogens is 245 g/mol. The van der Waals surface area contributed by atoms with Gasteiger partial charge in [-0.3, -0.25) is 14.7 Å². The minimum Gasteiger partial charge on any atom is -0.311 e. The van der Waals surface area contributed by atoms with Crippen molar-refractivity contribution in [3.63, 3.8) is 0 Å². The molecule has 7 heteroatoms. The van der Waals surface area contributed by atoms with Crippen LogP contribution in [0.4, 0.5) is 0 Å². The lowest BCUT2D eigenvalue weighted by Crippen LogP contribution is -2.14. The molecule has 0 spiro atoms. The molecule has 94 valence electrons. The normalized spacial score (nSPS) is 13.3. The second-order valence-corrected chi connectivity index (χ2v) is 5.78. The molecule has 1 aromatic carbocycles. The molecule has 0 saturated carbocycles. The minimum absolute atomic E-state index is 0.497. The van der Waals surface area contributed by atoms with Crippen molar-refractivity contribution in [1.82, 2.24) is 0 Å². The van der Waals surface area contributed by atoms with Crippen LogP contribution in [0.15, 0.2) is 30.3 Å². The zero-order valence-corrected chi connectivity index (χ0v) is 10.5. The molecule has 1 aromatic rings. The van der Waals surface area contributed by atoms with Gasteiger partial charge in [-0.15, -0.1) is 0 Å². The van der Waals surface area contributed by atoms with E-state index in [2.05, 4.69) is 0 Å². The number of nitrogens with zero attached hydrogens (tertiary/aromatic N) is 1. The largest absolute Gasteiger partial charge is 0.344 e. The first-order valence-corrected chi connectivity index (χ1v) is 6.52. The monoisotopic (exact) mass is 259 g/mol. The summed E-state index contributed by atoms with van der Waals surface area (Å²) >= 11 is 0. The summed E-state index contributed by atoms with van der Waals surface area (Å²) in [5.74, 6) is 0. The van der Waals surface area contributed by atoms with Gasteiger partial charge in [-0.25, -0.2) is 0 Å². The van der Waals surface area contributed by atoms with Crippen LogP contribution in [0.3, 0.4) is 0 Å². The molecule has 17 heavy (non-hydrogen) atoms. The van der Waals surface area contributed by atoms with Crippen molar-refractivity contribution in [3.8, 4) is 0 Å². The number of rotatable bonds is 6.